The van der Waals surface area contributed by atoms with Crippen LogP contribution in [-0.4, -0.2) is 35.2 Å². The number of carbonyl (C=O) groups is 2. The maximum atomic E-state index is 12.0. The van der Waals surface area contributed by atoms with E-state index in [9.17, 15) is 19.8 Å². The van der Waals surface area contributed by atoms with Crippen molar-refractivity contribution in [3.05, 3.63) is 0 Å². The Morgan fingerprint density at radius 2 is 1.90 bits per heavy atom. The van der Waals surface area contributed by atoms with E-state index in [-0.39, 0.29) is 30.8 Å². The third-order valence-corrected chi connectivity index (χ3v) is 4.90. The van der Waals surface area contributed by atoms with Crippen LogP contribution >= 0.6 is 0 Å². The van der Waals surface area contributed by atoms with Crippen LogP contribution in [0.4, 0.5) is 0 Å². The minimum atomic E-state index is -1.03. The fraction of sp³-hybridized carbons (Fsp3) is 0.867. The molecule has 0 aromatic heterocycles. The molecule has 116 valence electrons. The molecule has 3 atom stereocenters. The van der Waals surface area contributed by atoms with E-state index in [1.165, 1.54) is 0 Å². The topological polar surface area (TPSA) is 86.6 Å². The van der Waals surface area contributed by atoms with Crippen LogP contribution in [0.5, 0.6) is 0 Å². The maximum absolute atomic E-state index is 12.0. The summed E-state index contributed by atoms with van der Waals surface area (Å²) < 4.78 is 0. The largest absolute Gasteiger partial charge is 0.481 e. The summed E-state index contributed by atoms with van der Waals surface area (Å²) in [4.78, 5) is 23.3. The molecule has 0 heterocycles. The normalized spacial score (nSPS) is 25.4. The number of aliphatic hydroxyl groups excluding tert-OH is 1. The molecular formula is C15H27NO4. The summed E-state index contributed by atoms with van der Waals surface area (Å²) in [6.45, 7) is 5.96. The molecule has 1 aliphatic carbocycles. The highest BCUT2D eigenvalue weighted by molar-refractivity contribution is 5.84. The maximum Gasteiger partial charge on any atom is 0.310 e. The van der Waals surface area contributed by atoms with Gasteiger partial charge in [-0.05, 0) is 37.5 Å². The Balaban J connectivity index is 2.49. The lowest BCUT2D eigenvalue weighted by atomic mass is 9.76. The lowest BCUT2D eigenvalue weighted by Gasteiger charge is -2.28. The highest BCUT2D eigenvalue weighted by Gasteiger charge is 2.39. The molecule has 1 amide bonds. The molecule has 5 nitrogen and oxygen atoms in total. The predicted molar refractivity (Wildman–Crippen MR) is 76.1 cm³/mol. The molecule has 0 aromatic rings. The molecule has 5 heteroatoms. The van der Waals surface area contributed by atoms with Gasteiger partial charge < -0.3 is 15.5 Å². The first-order valence-electron chi connectivity index (χ1n) is 7.42. The summed E-state index contributed by atoms with van der Waals surface area (Å²) in [5.74, 6) is -0.670. The second kappa shape index (κ2) is 7.07. The SMILES string of the molecule is CC(C)C(C)(CC(=O)NCC1CCCC1CO)C(=O)O. The number of amides is 1. The molecule has 0 spiro atoms. The molecule has 3 N–H and O–H groups in total. The van der Waals surface area contributed by atoms with Gasteiger partial charge in [0.25, 0.3) is 0 Å². The van der Waals surface area contributed by atoms with Gasteiger partial charge in [-0.2, -0.15) is 0 Å². The van der Waals surface area contributed by atoms with Crippen LogP contribution in [0, 0.1) is 23.2 Å². The Hall–Kier alpha value is -1.10. The molecule has 20 heavy (non-hydrogen) atoms. The van der Waals surface area contributed by atoms with E-state index in [0.717, 1.165) is 19.3 Å². The van der Waals surface area contributed by atoms with Gasteiger partial charge in [0.1, 0.15) is 0 Å². The van der Waals surface area contributed by atoms with E-state index in [0.29, 0.717) is 12.5 Å². The lowest BCUT2D eigenvalue weighted by Crippen LogP contribution is -2.40. The van der Waals surface area contributed by atoms with Crippen molar-refractivity contribution < 1.29 is 19.8 Å². The monoisotopic (exact) mass is 285 g/mol. The number of carboxylic acids is 1. The zero-order valence-corrected chi connectivity index (χ0v) is 12.7. The van der Waals surface area contributed by atoms with Crippen LogP contribution in [0.3, 0.4) is 0 Å². The number of hydrogen-bond acceptors (Lipinski definition) is 3. The van der Waals surface area contributed by atoms with E-state index >= 15 is 0 Å². The fourth-order valence-corrected chi connectivity index (χ4v) is 2.79. The van der Waals surface area contributed by atoms with E-state index in [4.69, 9.17) is 0 Å². The first kappa shape index (κ1) is 17.0. The summed E-state index contributed by atoms with van der Waals surface area (Å²) in [6.07, 6.45) is 3.11. The van der Waals surface area contributed by atoms with Gasteiger partial charge in [0, 0.05) is 19.6 Å². The summed E-state index contributed by atoms with van der Waals surface area (Å²) in [5, 5.41) is 21.4. The predicted octanol–water partition coefficient (Wildman–Crippen LogP) is 1.65. The van der Waals surface area contributed by atoms with Crippen molar-refractivity contribution in [2.24, 2.45) is 23.2 Å². The Morgan fingerprint density at radius 3 is 2.40 bits per heavy atom. The van der Waals surface area contributed by atoms with E-state index < -0.39 is 11.4 Å². The smallest absolute Gasteiger partial charge is 0.310 e. The molecule has 0 saturated heterocycles. The third-order valence-electron chi connectivity index (χ3n) is 4.90. The van der Waals surface area contributed by atoms with Gasteiger partial charge in [-0.15, -0.1) is 0 Å². The molecule has 0 bridgehead atoms. The van der Waals surface area contributed by atoms with Crippen LogP contribution < -0.4 is 5.32 Å². The van der Waals surface area contributed by atoms with E-state index in [1.54, 1.807) is 6.92 Å². The van der Waals surface area contributed by atoms with Crippen LogP contribution in [0.25, 0.3) is 0 Å². The van der Waals surface area contributed by atoms with Gasteiger partial charge in [-0.1, -0.05) is 20.3 Å². The van der Waals surface area contributed by atoms with Gasteiger partial charge in [0.05, 0.1) is 5.41 Å². The number of carbonyl (C=O) groups excluding carboxylic acids is 1. The summed E-state index contributed by atoms with van der Waals surface area (Å²) >= 11 is 0. The second-order valence-electron chi connectivity index (χ2n) is 6.49. The molecule has 0 aromatic carbocycles. The quantitative estimate of drug-likeness (QED) is 0.664. The number of aliphatic carboxylic acids is 1. The van der Waals surface area contributed by atoms with Crippen molar-refractivity contribution in [2.45, 2.75) is 46.5 Å². The Bertz CT molecular complexity index is 356. The van der Waals surface area contributed by atoms with Gasteiger partial charge in [0.15, 0.2) is 0 Å². The molecular weight excluding hydrogens is 258 g/mol. The zero-order chi connectivity index (χ0) is 15.3. The second-order valence-corrected chi connectivity index (χ2v) is 6.49. The number of aliphatic hydroxyl groups is 1. The summed E-state index contributed by atoms with van der Waals surface area (Å²) in [5.41, 5.74) is -1.03. The highest BCUT2D eigenvalue weighted by Crippen LogP contribution is 2.32. The molecule has 1 fully saturated rings. The van der Waals surface area contributed by atoms with Gasteiger partial charge in [0.2, 0.25) is 5.91 Å². The Kier molecular flexibility index (Phi) is 5.99. The molecule has 3 unspecified atom stereocenters. The molecule has 1 rings (SSSR count). The first-order valence-corrected chi connectivity index (χ1v) is 7.42. The van der Waals surface area contributed by atoms with Crippen molar-refractivity contribution in [2.75, 3.05) is 13.2 Å². The van der Waals surface area contributed by atoms with Crippen molar-refractivity contribution >= 4 is 11.9 Å². The highest BCUT2D eigenvalue weighted by atomic mass is 16.4. The van der Waals surface area contributed by atoms with Crippen molar-refractivity contribution in [3.8, 4) is 0 Å². The molecule has 1 aliphatic rings. The number of rotatable bonds is 7. The minimum Gasteiger partial charge on any atom is -0.481 e. The summed E-state index contributed by atoms with van der Waals surface area (Å²) in [6, 6.07) is 0. The zero-order valence-electron chi connectivity index (χ0n) is 12.7. The number of nitrogens with one attached hydrogen (secondary N) is 1. The van der Waals surface area contributed by atoms with E-state index in [2.05, 4.69) is 5.32 Å². The minimum absolute atomic E-state index is 0.00346. The van der Waals surface area contributed by atoms with Gasteiger partial charge in [-0.25, -0.2) is 0 Å². The van der Waals surface area contributed by atoms with Crippen molar-refractivity contribution in [3.63, 3.8) is 0 Å². The van der Waals surface area contributed by atoms with Crippen LogP contribution in [-0.2, 0) is 9.59 Å². The standard InChI is InChI=1S/C15H27NO4/c1-10(2)15(3,14(19)20)7-13(18)16-8-11-5-4-6-12(11)9-17/h10-12,17H,4-9H2,1-3H3,(H,16,18)(H,19,20). The number of carboxylic acid groups (broad SMARTS) is 1. The average Bonchev–Trinajstić information content (AvgIpc) is 2.83. The summed E-state index contributed by atoms with van der Waals surface area (Å²) in [7, 11) is 0. The Morgan fingerprint density at radius 1 is 1.30 bits per heavy atom. The molecule has 1 saturated carbocycles. The average molecular weight is 285 g/mol. The van der Waals surface area contributed by atoms with Crippen LogP contribution in [0.2, 0.25) is 0 Å². The van der Waals surface area contributed by atoms with E-state index in [1.807, 2.05) is 13.8 Å². The number of hydrogen-bond donors (Lipinski definition) is 3. The fourth-order valence-electron chi connectivity index (χ4n) is 2.79. The molecule has 0 aliphatic heterocycles. The van der Waals surface area contributed by atoms with Crippen molar-refractivity contribution in [1.82, 2.24) is 5.32 Å². The third kappa shape index (κ3) is 3.95. The Labute approximate surface area is 120 Å². The van der Waals surface area contributed by atoms with Gasteiger partial charge >= 0.3 is 5.97 Å². The molecule has 0 radical (unpaired) electrons. The van der Waals surface area contributed by atoms with Crippen LogP contribution in [0.1, 0.15) is 46.5 Å². The van der Waals surface area contributed by atoms with Crippen LogP contribution in [0.15, 0.2) is 0 Å². The lowest BCUT2D eigenvalue weighted by molar-refractivity contribution is -0.153. The first-order chi connectivity index (χ1) is 9.31. The van der Waals surface area contributed by atoms with Crippen molar-refractivity contribution in [1.29, 1.82) is 0 Å². The van der Waals surface area contributed by atoms with Gasteiger partial charge in [-0.3, -0.25) is 9.59 Å².